The van der Waals surface area contributed by atoms with Gasteiger partial charge >= 0.3 is 0 Å². The van der Waals surface area contributed by atoms with Crippen LogP contribution in [0.15, 0.2) is 41.1 Å². The lowest BCUT2D eigenvalue weighted by molar-refractivity contribution is 0.260. The highest BCUT2D eigenvalue weighted by atomic mass is 16.5. The fourth-order valence-electron chi connectivity index (χ4n) is 1.02. The van der Waals surface area contributed by atoms with Crippen molar-refractivity contribution in [1.29, 1.82) is 0 Å². The standard InChI is InChI=1S/C10H10N2O2/c11-8-3-4-10(12-6-8)14-7-9-2-1-5-13-9/h1-6H,7,11H2. The van der Waals surface area contributed by atoms with Gasteiger partial charge in [0.2, 0.25) is 5.88 Å². The van der Waals surface area contributed by atoms with Gasteiger partial charge < -0.3 is 14.9 Å². The maximum Gasteiger partial charge on any atom is 0.213 e. The fourth-order valence-corrected chi connectivity index (χ4v) is 1.02. The van der Waals surface area contributed by atoms with Gasteiger partial charge in [-0.1, -0.05) is 0 Å². The van der Waals surface area contributed by atoms with Crippen molar-refractivity contribution in [2.45, 2.75) is 6.61 Å². The molecule has 0 amide bonds. The number of aromatic nitrogens is 1. The second kappa shape index (κ2) is 3.83. The summed E-state index contributed by atoms with van der Waals surface area (Å²) >= 11 is 0. The average Bonchev–Trinajstić information content (AvgIpc) is 2.70. The third kappa shape index (κ3) is 2.04. The van der Waals surface area contributed by atoms with Crippen molar-refractivity contribution in [3.8, 4) is 5.88 Å². The number of nitrogens with zero attached hydrogens (tertiary/aromatic N) is 1. The topological polar surface area (TPSA) is 61.3 Å². The number of nitrogen functional groups attached to an aromatic ring is 1. The van der Waals surface area contributed by atoms with Crippen molar-refractivity contribution < 1.29 is 9.15 Å². The molecule has 4 heteroatoms. The third-order valence-corrected chi connectivity index (χ3v) is 1.70. The fraction of sp³-hybridized carbons (Fsp3) is 0.100. The molecule has 0 atom stereocenters. The second-order valence-electron chi connectivity index (χ2n) is 2.80. The van der Waals surface area contributed by atoms with Crippen LogP contribution in [0.25, 0.3) is 0 Å². The number of rotatable bonds is 3. The number of hydrogen-bond acceptors (Lipinski definition) is 4. The lowest BCUT2D eigenvalue weighted by atomic mass is 10.4. The van der Waals surface area contributed by atoms with E-state index in [1.165, 1.54) is 0 Å². The van der Waals surface area contributed by atoms with Gasteiger partial charge in [-0.15, -0.1) is 0 Å². The van der Waals surface area contributed by atoms with Crippen LogP contribution in [0.5, 0.6) is 5.88 Å². The summed E-state index contributed by atoms with van der Waals surface area (Å²) in [6.07, 6.45) is 3.16. The van der Waals surface area contributed by atoms with E-state index in [9.17, 15) is 0 Å². The van der Waals surface area contributed by atoms with Crippen molar-refractivity contribution in [2.24, 2.45) is 0 Å². The third-order valence-electron chi connectivity index (χ3n) is 1.70. The van der Waals surface area contributed by atoms with E-state index < -0.39 is 0 Å². The van der Waals surface area contributed by atoms with Gasteiger partial charge in [0.1, 0.15) is 12.4 Å². The van der Waals surface area contributed by atoms with Crippen LogP contribution in [0.2, 0.25) is 0 Å². The van der Waals surface area contributed by atoms with Gasteiger partial charge in [0.05, 0.1) is 18.1 Å². The highest BCUT2D eigenvalue weighted by Gasteiger charge is 1.98. The first-order valence-electron chi connectivity index (χ1n) is 4.21. The van der Waals surface area contributed by atoms with Crippen LogP contribution in [-0.2, 0) is 6.61 Å². The lowest BCUT2D eigenvalue weighted by Gasteiger charge is -2.02. The smallest absolute Gasteiger partial charge is 0.213 e. The van der Waals surface area contributed by atoms with E-state index in [2.05, 4.69) is 4.98 Å². The van der Waals surface area contributed by atoms with Crippen molar-refractivity contribution in [1.82, 2.24) is 4.98 Å². The molecule has 0 aromatic carbocycles. The van der Waals surface area contributed by atoms with Crippen LogP contribution in [-0.4, -0.2) is 4.98 Å². The van der Waals surface area contributed by atoms with Gasteiger partial charge in [-0.25, -0.2) is 4.98 Å². The van der Waals surface area contributed by atoms with Crippen LogP contribution in [0.4, 0.5) is 5.69 Å². The van der Waals surface area contributed by atoms with E-state index in [0.717, 1.165) is 5.76 Å². The molecule has 2 aromatic rings. The van der Waals surface area contributed by atoms with Crippen molar-refractivity contribution in [2.75, 3.05) is 5.73 Å². The number of ether oxygens (including phenoxy) is 1. The molecule has 0 unspecified atom stereocenters. The monoisotopic (exact) mass is 190 g/mol. The zero-order valence-corrected chi connectivity index (χ0v) is 7.51. The molecule has 2 rings (SSSR count). The molecule has 4 nitrogen and oxygen atoms in total. The Morgan fingerprint density at radius 2 is 2.29 bits per heavy atom. The highest BCUT2D eigenvalue weighted by Crippen LogP contribution is 2.11. The van der Waals surface area contributed by atoms with Crippen LogP contribution in [0.1, 0.15) is 5.76 Å². The minimum atomic E-state index is 0.379. The van der Waals surface area contributed by atoms with E-state index in [4.69, 9.17) is 14.9 Å². The predicted molar refractivity (Wildman–Crippen MR) is 51.7 cm³/mol. The minimum Gasteiger partial charge on any atom is -0.469 e. The van der Waals surface area contributed by atoms with Crippen LogP contribution >= 0.6 is 0 Å². The molecule has 0 aliphatic heterocycles. The molecule has 72 valence electrons. The minimum absolute atomic E-state index is 0.379. The number of hydrogen-bond donors (Lipinski definition) is 1. The Balaban J connectivity index is 1.95. The first kappa shape index (κ1) is 8.62. The molecule has 2 N–H and O–H groups in total. The van der Waals surface area contributed by atoms with Gasteiger partial charge in [0, 0.05) is 6.07 Å². The second-order valence-corrected chi connectivity index (χ2v) is 2.80. The van der Waals surface area contributed by atoms with E-state index in [1.54, 1.807) is 24.6 Å². The maximum absolute atomic E-state index is 5.48. The van der Waals surface area contributed by atoms with Gasteiger partial charge in [-0.05, 0) is 18.2 Å². The number of nitrogens with two attached hydrogens (primary N) is 1. The summed E-state index contributed by atoms with van der Waals surface area (Å²) in [4.78, 5) is 3.99. The summed E-state index contributed by atoms with van der Waals surface area (Å²) < 4.78 is 10.4. The molecule has 0 spiro atoms. The van der Waals surface area contributed by atoms with Gasteiger partial charge in [-0.3, -0.25) is 0 Å². The Labute approximate surface area is 81.3 Å². The van der Waals surface area contributed by atoms with Crippen LogP contribution < -0.4 is 10.5 Å². The summed E-state index contributed by atoms with van der Waals surface area (Å²) in [5.74, 6) is 1.30. The van der Waals surface area contributed by atoms with Crippen LogP contribution in [0, 0.1) is 0 Å². The molecule has 2 heterocycles. The molecule has 0 saturated carbocycles. The first-order valence-corrected chi connectivity index (χ1v) is 4.21. The van der Waals surface area contributed by atoms with E-state index in [1.807, 2.05) is 12.1 Å². The number of furan rings is 1. The molecular formula is C10H10N2O2. The molecule has 0 fully saturated rings. The zero-order valence-electron chi connectivity index (χ0n) is 7.51. The maximum atomic E-state index is 5.48. The largest absolute Gasteiger partial charge is 0.469 e. The molecule has 0 radical (unpaired) electrons. The van der Waals surface area contributed by atoms with E-state index in [-0.39, 0.29) is 0 Å². The Morgan fingerprint density at radius 3 is 2.93 bits per heavy atom. The SMILES string of the molecule is Nc1ccc(OCc2ccco2)nc1. The van der Waals surface area contributed by atoms with Gasteiger partial charge in [-0.2, -0.15) is 0 Å². The quantitative estimate of drug-likeness (QED) is 0.802. The summed E-state index contributed by atoms with van der Waals surface area (Å²) in [5, 5.41) is 0. The molecule has 0 aliphatic carbocycles. The lowest BCUT2D eigenvalue weighted by Crippen LogP contribution is -1.96. The Kier molecular flexibility index (Phi) is 2.36. The van der Waals surface area contributed by atoms with Crippen molar-refractivity contribution >= 4 is 5.69 Å². The Hall–Kier alpha value is -1.97. The van der Waals surface area contributed by atoms with Gasteiger partial charge in [0.25, 0.3) is 0 Å². The molecular weight excluding hydrogens is 180 g/mol. The average molecular weight is 190 g/mol. The highest BCUT2D eigenvalue weighted by molar-refractivity contribution is 5.35. The Morgan fingerprint density at radius 1 is 1.36 bits per heavy atom. The predicted octanol–water partition coefficient (Wildman–Crippen LogP) is 1.84. The summed E-state index contributed by atoms with van der Waals surface area (Å²) in [7, 11) is 0. The molecule has 0 bridgehead atoms. The van der Waals surface area contributed by atoms with Crippen molar-refractivity contribution in [3.05, 3.63) is 42.5 Å². The number of anilines is 1. The zero-order chi connectivity index (χ0) is 9.80. The van der Waals surface area contributed by atoms with Gasteiger partial charge in [0.15, 0.2) is 0 Å². The molecule has 0 aliphatic rings. The summed E-state index contributed by atoms with van der Waals surface area (Å²) in [5.41, 5.74) is 6.10. The molecule has 2 aromatic heterocycles. The Bertz CT molecular complexity index is 381. The number of pyridine rings is 1. The normalized spacial score (nSPS) is 10.0. The van der Waals surface area contributed by atoms with E-state index >= 15 is 0 Å². The molecule has 0 saturated heterocycles. The molecule has 14 heavy (non-hydrogen) atoms. The van der Waals surface area contributed by atoms with Crippen LogP contribution in [0.3, 0.4) is 0 Å². The summed E-state index contributed by atoms with van der Waals surface area (Å²) in [6, 6.07) is 7.12. The first-order chi connectivity index (χ1) is 6.84. The van der Waals surface area contributed by atoms with Crippen molar-refractivity contribution in [3.63, 3.8) is 0 Å². The summed E-state index contributed by atoms with van der Waals surface area (Å²) in [6.45, 7) is 0.379. The van der Waals surface area contributed by atoms with E-state index in [0.29, 0.717) is 18.2 Å².